The van der Waals surface area contributed by atoms with Crippen molar-refractivity contribution in [3.63, 3.8) is 0 Å². The zero-order chi connectivity index (χ0) is 9.54. The van der Waals surface area contributed by atoms with Crippen LogP contribution >= 0.6 is 0 Å². The quantitative estimate of drug-likeness (QED) is 0.593. The maximum absolute atomic E-state index is 5.72. The number of hydrogen-bond donors (Lipinski definition) is 1. The Morgan fingerprint density at radius 1 is 1.29 bits per heavy atom. The van der Waals surface area contributed by atoms with E-state index in [0.717, 1.165) is 27.7 Å². The molecule has 0 aromatic carbocycles. The molecule has 1 aromatic heterocycles. The van der Waals surface area contributed by atoms with Crippen molar-refractivity contribution in [1.82, 2.24) is 4.98 Å². The van der Waals surface area contributed by atoms with Gasteiger partial charge in [-0.15, -0.1) is 0 Å². The number of aliphatic imine (C=N–C) groups is 1. The molecule has 0 fully saturated rings. The van der Waals surface area contributed by atoms with Crippen molar-refractivity contribution in [3.8, 4) is 0 Å². The van der Waals surface area contributed by atoms with Crippen LogP contribution in [-0.2, 0) is 6.42 Å². The van der Waals surface area contributed by atoms with Gasteiger partial charge in [0.25, 0.3) is 0 Å². The van der Waals surface area contributed by atoms with E-state index < -0.39 is 0 Å². The van der Waals surface area contributed by atoms with E-state index in [0.29, 0.717) is 6.42 Å². The molecule has 1 aliphatic heterocycles. The number of allylic oxidation sites excluding steroid dienone is 2. The lowest BCUT2D eigenvalue weighted by Crippen LogP contribution is -2.32. The van der Waals surface area contributed by atoms with Gasteiger partial charge in [-0.3, -0.25) is 4.98 Å². The summed E-state index contributed by atoms with van der Waals surface area (Å²) in [6.45, 7) is 0. The first-order valence-electron chi connectivity index (χ1n) is 4.39. The largest absolute Gasteiger partial charge is 0.402 e. The van der Waals surface area contributed by atoms with Crippen LogP contribution in [0, 0.1) is 0 Å². The summed E-state index contributed by atoms with van der Waals surface area (Å²) in [5.74, 6) is 0. The van der Waals surface area contributed by atoms with Gasteiger partial charge in [0, 0.05) is 17.3 Å². The first kappa shape index (κ1) is 7.44. The molecule has 0 saturated carbocycles. The fourth-order valence-electron chi connectivity index (χ4n) is 1.68. The summed E-state index contributed by atoms with van der Waals surface area (Å²) in [5.41, 5.74) is 8.39. The Hall–Kier alpha value is -1.97. The molecule has 3 rings (SSSR count). The number of hydrogen-bond acceptors (Lipinski definition) is 4. The second kappa shape index (κ2) is 2.51. The molecular weight excluding hydrogens is 176 g/mol. The number of nitrogens with two attached hydrogens (primary N) is 1. The van der Waals surface area contributed by atoms with Gasteiger partial charge in [-0.1, -0.05) is 0 Å². The first-order chi connectivity index (χ1) is 6.84. The van der Waals surface area contributed by atoms with E-state index in [-0.39, 0.29) is 0 Å². The SMILES string of the molecule is NC1=CC=c2c(ncc3c2=NC=N3)C1. The minimum atomic E-state index is 0.703. The van der Waals surface area contributed by atoms with Gasteiger partial charge in [0.2, 0.25) is 0 Å². The molecule has 1 aromatic rings. The molecule has 2 N–H and O–H groups in total. The predicted molar refractivity (Wildman–Crippen MR) is 53.6 cm³/mol. The van der Waals surface area contributed by atoms with Crippen molar-refractivity contribution >= 4 is 18.1 Å². The Morgan fingerprint density at radius 2 is 2.21 bits per heavy atom. The number of pyridine rings is 1. The van der Waals surface area contributed by atoms with Crippen molar-refractivity contribution in [1.29, 1.82) is 0 Å². The first-order valence-corrected chi connectivity index (χ1v) is 4.39. The number of fused-ring (bicyclic) bond motifs is 3. The summed E-state index contributed by atoms with van der Waals surface area (Å²) in [5, 5.41) is 1.97. The van der Waals surface area contributed by atoms with Gasteiger partial charge in [-0.05, 0) is 12.2 Å². The van der Waals surface area contributed by atoms with Gasteiger partial charge in [0.05, 0.1) is 11.9 Å². The average molecular weight is 184 g/mol. The van der Waals surface area contributed by atoms with Gasteiger partial charge in [0.1, 0.15) is 17.4 Å². The molecule has 0 spiro atoms. The zero-order valence-electron chi connectivity index (χ0n) is 7.44. The van der Waals surface area contributed by atoms with E-state index in [2.05, 4.69) is 15.0 Å². The van der Waals surface area contributed by atoms with Gasteiger partial charge >= 0.3 is 0 Å². The molecule has 14 heavy (non-hydrogen) atoms. The van der Waals surface area contributed by atoms with E-state index in [1.54, 1.807) is 12.5 Å². The summed E-state index contributed by atoms with van der Waals surface area (Å²) >= 11 is 0. The zero-order valence-corrected chi connectivity index (χ0v) is 7.44. The number of rotatable bonds is 0. The Balaban J connectivity index is 2.43. The van der Waals surface area contributed by atoms with Gasteiger partial charge in [-0.25, -0.2) is 9.98 Å². The van der Waals surface area contributed by atoms with Crippen LogP contribution in [0.25, 0.3) is 6.08 Å². The third-order valence-electron chi connectivity index (χ3n) is 2.37. The molecule has 0 saturated heterocycles. The molecule has 4 nitrogen and oxygen atoms in total. The molecule has 2 aliphatic rings. The third kappa shape index (κ3) is 0.907. The standard InChI is InChI=1S/C10H8N4/c11-6-1-2-7-8(3-6)12-4-9-10(7)14-5-13-9/h1-2,4-5H,3,11H2. The minimum absolute atomic E-state index is 0.703. The van der Waals surface area contributed by atoms with Gasteiger partial charge in [0.15, 0.2) is 0 Å². The molecule has 68 valence electrons. The van der Waals surface area contributed by atoms with E-state index in [1.807, 2.05) is 12.2 Å². The number of aromatic nitrogens is 1. The van der Waals surface area contributed by atoms with Crippen molar-refractivity contribution in [2.24, 2.45) is 15.7 Å². The molecule has 2 heterocycles. The fraction of sp³-hybridized carbons (Fsp3) is 0.100. The van der Waals surface area contributed by atoms with Crippen LogP contribution in [0.15, 0.2) is 28.0 Å². The Kier molecular flexibility index (Phi) is 1.33. The maximum Gasteiger partial charge on any atom is 0.117 e. The molecule has 0 bridgehead atoms. The lowest BCUT2D eigenvalue weighted by molar-refractivity contribution is 0.991. The molecule has 0 amide bonds. The highest BCUT2D eigenvalue weighted by Crippen LogP contribution is 2.07. The van der Waals surface area contributed by atoms with Crippen molar-refractivity contribution in [2.75, 3.05) is 0 Å². The maximum atomic E-state index is 5.72. The Morgan fingerprint density at radius 3 is 3.14 bits per heavy atom. The van der Waals surface area contributed by atoms with E-state index in [9.17, 15) is 0 Å². The highest BCUT2D eigenvalue weighted by molar-refractivity contribution is 5.67. The summed E-state index contributed by atoms with van der Waals surface area (Å²) in [7, 11) is 0. The van der Waals surface area contributed by atoms with Crippen LogP contribution in [0.3, 0.4) is 0 Å². The highest BCUT2D eigenvalue weighted by atomic mass is 14.9. The van der Waals surface area contributed by atoms with Crippen LogP contribution in [0.4, 0.5) is 5.69 Å². The van der Waals surface area contributed by atoms with Crippen LogP contribution < -0.4 is 16.3 Å². The highest BCUT2D eigenvalue weighted by Gasteiger charge is 2.09. The second-order valence-electron chi connectivity index (χ2n) is 3.31. The van der Waals surface area contributed by atoms with Gasteiger partial charge < -0.3 is 5.73 Å². The Labute approximate surface area is 80.2 Å². The summed E-state index contributed by atoms with van der Waals surface area (Å²) < 4.78 is 0. The molecular formula is C10H8N4. The Bertz CT molecular complexity index is 581. The van der Waals surface area contributed by atoms with Crippen LogP contribution in [0.1, 0.15) is 5.69 Å². The smallest absolute Gasteiger partial charge is 0.117 e. The summed E-state index contributed by atoms with van der Waals surface area (Å²) in [6, 6.07) is 0. The molecule has 1 aliphatic carbocycles. The van der Waals surface area contributed by atoms with Gasteiger partial charge in [-0.2, -0.15) is 0 Å². The molecule has 0 atom stereocenters. The van der Waals surface area contributed by atoms with Crippen LogP contribution in [-0.4, -0.2) is 11.3 Å². The van der Waals surface area contributed by atoms with E-state index >= 15 is 0 Å². The van der Waals surface area contributed by atoms with E-state index in [1.165, 1.54) is 0 Å². The summed E-state index contributed by atoms with van der Waals surface area (Å²) in [6.07, 6.45) is 7.86. The lowest BCUT2D eigenvalue weighted by atomic mass is 10.1. The van der Waals surface area contributed by atoms with Crippen molar-refractivity contribution in [3.05, 3.63) is 34.2 Å². The second-order valence-corrected chi connectivity index (χ2v) is 3.31. The average Bonchev–Trinajstić information content (AvgIpc) is 2.65. The van der Waals surface area contributed by atoms with Crippen molar-refractivity contribution < 1.29 is 0 Å². The number of nitrogens with zero attached hydrogens (tertiary/aromatic N) is 3. The van der Waals surface area contributed by atoms with Crippen LogP contribution in [0.5, 0.6) is 0 Å². The summed E-state index contributed by atoms with van der Waals surface area (Å²) in [4.78, 5) is 12.6. The topological polar surface area (TPSA) is 63.6 Å². The molecule has 0 unspecified atom stereocenters. The van der Waals surface area contributed by atoms with Crippen LogP contribution in [0.2, 0.25) is 0 Å². The lowest BCUT2D eigenvalue weighted by Gasteiger charge is -2.06. The molecule has 4 heteroatoms. The third-order valence-corrected chi connectivity index (χ3v) is 2.37. The molecule has 0 radical (unpaired) electrons. The fourth-order valence-corrected chi connectivity index (χ4v) is 1.68. The van der Waals surface area contributed by atoms with E-state index in [4.69, 9.17) is 5.73 Å². The monoisotopic (exact) mass is 184 g/mol. The normalized spacial score (nSPS) is 16.4. The van der Waals surface area contributed by atoms with Crippen molar-refractivity contribution in [2.45, 2.75) is 6.42 Å². The predicted octanol–water partition coefficient (Wildman–Crippen LogP) is -0.446. The minimum Gasteiger partial charge on any atom is -0.402 e.